The molecule has 0 aromatic heterocycles. The van der Waals surface area contributed by atoms with Crippen LogP contribution in [-0.2, 0) is 4.74 Å². The number of nitrogens with two attached hydrogens (primary N) is 1. The van der Waals surface area contributed by atoms with E-state index in [4.69, 9.17) is 10.5 Å². The molecule has 2 aliphatic rings. The van der Waals surface area contributed by atoms with Crippen LogP contribution in [0.4, 0.5) is 0 Å². The minimum atomic E-state index is 0.0305. The predicted octanol–water partition coefficient (Wildman–Crippen LogP) is 2.93. The molecule has 1 aliphatic heterocycles. The van der Waals surface area contributed by atoms with E-state index in [2.05, 4.69) is 11.8 Å². The van der Waals surface area contributed by atoms with Crippen LogP contribution >= 0.6 is 0 Å². The maximum absolute atomic E-state index is 6.24. The molecule has 2 fully saturated rings. The van der Waals surface area contributed by atoms with Crippen LogP contribution in [0.15, 0.2) is 0 Å². The molecule has 0 radical (unpaired) electrons. The second-order valence-electron chi connectivity index (χ2n) is 6.88. The van der Waals surface area contributed by atoms with Gasteiger partial charge in [0.1, 0.15) is 0 Å². The molecule has 3 nitrogen and oxygen atoms in total. The summed E-state index contributed by atoms with van der Waals surface area (Å²) in [5.41, 5.74) is 6.52. The lowest BCUT2D eigenvalue weighted by Gasteiger charge is -2.50. The topological polar surface area (TPSA) is 38.5 Å². The second-order valence-corrected chi connectivity index (χ2v) is 6.88. The Balaban J connectivity index is 2.09. The number of piperidine rings is 1. The zero-order chi connectivity index (χ0) is 13.8. The van der Waals surface area contributed by atoms with Gasteiger partial charge in [0, 0.05) is 25.7 Å². The van der Waals surface area contributed by atoms with Gasteiger partial charge >= 0.3 is 0 Å². The van der Waals surface area contributed by atoms with Crippen LogP contribution in [0.25, 0.3) is 0 Å². The van der Waals surface area contributed by atoms with Gasteiger partial charge in [-0.3, -0.25) is 4.90 Å². The molecule has 1 atom stereocenters. The van der Waals surface area contributed by atoms with Crippen molar-refractivity contribution >= 4 is 0 Å². The summed E-state index contributed by atoms with van der Waals surface area (Å²) in [5.74, 6) is 0. The van der Waals surface area contributed by atoms with Gasteiger partial charge in [-0.05, 0) is 39.2 Å². The molecular weight excluding hydrogens is 236 g/mol. The number of ether oxygens (including phenoxy) is 1. The smallest absolute Gasteiger partial charge is 0.0777 e. The minimum Gasteiger partial charge on any atom is -0.377 e. The Morgan fingerprint density at radius 2 is 1.63 bits per heavy atom. The van der Waals surface area contributed by atoms with E-state index in [-0.39, 0.29) is 11.1 Å². The van der Waals surface area contributed by atoms with Gasteiger partial charge in [-0.2, -0.15) is 0 Å². The highest BCUT2D eigenvalue weighted by Gasteiger charge is 2.41. The highest BCUT2D eigenvalue weighted by Crippen LogP contribution is 2.36. The maximum Gasteiger partial charge on any atom is 0.0777 e. The molecular formula is C16H32N2O. The molecule has 112 valence electrons. The fraction of sp³-hybridized carbons (Fsp3) is 1.00. The van der Waals surface area contributed by atoms with E-state index in [1.807, 2.05) is 7.11 Å². The molecule has 1 saturated heterocycles. The average Bonchev–Trinajstić information content (AvgIpc) is 2.39. The zero-order valence-electron chi connectivity index (χ0n) is 12.9. The van der Waals surface area contributed by atoms with E-state index >= 15 is 0 Å². The van der Waals surface area contributed by atoms with E-state index in [9.17, 15) is 0 Å². The quantitative estimate of drug-likeness (QED) is 0.855. The highest BCUT2D eigenvalue weighted by molar-refractivity contribution is 4.98. The number of nitrogens with zero attached hydrogens (tertiary/aromatic N) is 1. The van der Waals surface area contributed by atoms with E-state index in [1.54, 1.807) is 0 Å². The monoisotopic (exact) mass is 268 g/mol. The highest BCUT2D eigenvalue weighted by atomic mass is 16.5. The number of rotatable bonds is 3. The molecule has 0 aromatic rings. The first-order valence-electron chi connectivity index (χ1n) is 8.14. The number of hydrogen-bond acceptors (Lipinski definition) is 3. The molecule has 19 heavy (non-hydrogen) atoms. The third-order valence-corrected chi connectivity index (χ3v) is 5.49. The van der Waals surface area contributed by atoms with Crippen molar-refractivity contribution in [2.24, 2.45) is 5.73 Å². The average molecular weight is 268 g/mol. The van der Waals surface area contributed by atoms with Crippen molar-refractivity contribution in [3.05, 3.63) is 0 Å². The third-order valence-electron chi connectivity index (χ3n) is 5.49. The Morgan fingerprint density at radius 3 is 2.21 bits per heavy atom. The normalized spacial score (nSPS) is 33.6. The third kappa shape index (κ3) is 3.50. The lowest BCUT2D eigenvalue weighted by Crippen LogP contribution is -2.61. The summed E-state index contributed by atoms with van der Waals surface area (Å²) in [4.78, 5) is 2.67. The minimum absolute atomic E-state index is 0.0305. The molecule has 1 saturated carbocycles. The molecule has 1 aliphatic carbocycles. The van der Waals surface area contributed by atoms with Crippen LogP contribution in [0.2, 0.25) is 0 Å². The van der Waals surface area contributed by atoms with Crippen LogP contribution in [-0.4, -0.2) is 42.8 Å². The molecule has 1 unspecified atom stereocenters. The fourth-order valence-corrected chi connectivity index (χ4v) is 3.99. The number of methoxy groups -OCH3 is 1. The van der Waals surface area contributed by atoms with Crippen LogP contribution in [0.1, 0.15) is 64.7 Å². The Kier molecular flexibility index (Phi) is 5.27. The fourth-order valence-electron chi connectivity index (χ4n) is 3.99. The molecule has 2 rings (SSSR count). The van der Waals surface area contributed by atoms with Gasteiger partial charge in [-0.15, -0.1) is 0 Å². The Bertz CT molecular complexity index is 274. The maximum atomic E-state index is 6.24. The van der Waals surface area contributed by atoms with Gasteiger partial charge in [0.15, 0.2) is 0 Å². The van der Waals surface area contributed by atoms with E-state index in [0.717, 1.165) is 13.1 Å². The molecule has 0 amide bonds. The van der Waals surface area contributed by atoms with Crippen molar-refractivity contribution in [2.45, 2.75) is 75.9 Å². The van der Waals surface area contributed by atoms with Crippen molar-refractivity contribution in [3.8, 4) is 0 Å². The van der Waals surface area contributed by atoms with E-state index < -0.39 is 0 Å². The van der Waals surface area contributed by atoms with Crippen molar-refractivity contribution in [1.82, 2.24) is 4.90 Å². The van der Waals surface area contributed by atoms with Crippen molar-refractivity contribution < 1.29 is 4.74 Å². The molecule has 3 heteroatoms. The molecule has 0 aromatic carbocycles. The summed E-state index contributed by atoms with van der Waals surface area (Å²) in [6, 6.07) is 0. The van der Waals surface area contributed by atoms with Gasteiger partial charge in [0.25, 0.3) is 0 Å². The lowest BCUT2D eigenvalue weighted by molar-refractivity contribution is -0.0849. The summed E-state index contributed by atoms with van der Waals surface area (Å²) < 4.78 is 5.76. The summed E-state index contributed by atoms with van der Waals surface area (Å²) in [5, 5.41) is 0. The van der Waals surface area contributed by atoms with E-state index in [1.165, 1.54) is 64.3 Å². The predicted molar refractivity (Wildman–Crippen MR) is 80.3 cm³/mol. The largest absolute Gasteiger partial charge is 0.377 e. The van der Waals surface area contributed by atoms with Crippen LogP contribution in [0.5, 0.6) is 0 Å². The van der Waals surface area contributed by atoms with Crippen LogP contribution < -0.4 is 5.73 Å². The Labute approximate surface area is 118 Å². The standard InChI is InChI=1S/C16H32N2O/c1-15(19-2)9-8-12-18(14-15)16(13-17)10-6-4-3-5-7-11-16/h3-14,17H2,1-2H3. The van der Waals surface area contributed by atoms with Gasteiger partial charge in [0.2, 0.25) is 0 Å². The zero-order valence-corrected chi connectivity index (χ0v) is 12.9. The molecule has 0 spiro atoms. The molecule has 1 heterocycles. The summed E-state index contributed by atoms with van der Waals surface area (Å²) >= 11 is 0. The van der Waals surface area contributed by atoms with Gasteiger partial charge in [0.05, 0.1) is 5.60 Å². The van der Waals surface area contributed by atoms with Crippen molar-refractivity contribution in [2.75, 3.05) is 26.7 Å². The molecule has 2 N–H and O–H groups in total. The number of hydrogen-bond donors (Lipinski definition) is 1. The first kappa shape index (κ1) is 15.3. The van der Waals surface area contributed by atoms with Crippen molar-refractivity contribution in [1.29, 1.82) is 0 Å². The lowest BCUT2D eigenvalue weighted by atomic mass is 9.80. The second kappa shape index (κ2) is 6.55. The van der Waals surface area contributed by atoms with Crippen LogP contribution in [0.3, 0.4) is 0 Å². The first-order valence-corrected chi connectivity index (χ1v) is 8.14. The Hall–Kier alpha value is -0.120. The summed E-state index contributed by atoms with van der Waals surface area (Å²) in [7, 11) is 1.86. The molecule has 0 bridgehead atoms. The van der Waals surface area contributed by atoms with Gasteiger partial charge < -0.3 is 10.5 Å². The first-order chi connectivity index (χ1) is 9.14. The van der Waals surface area contributed by atoms with Gasteiger partial charge in [-0.25, -0.2) is 0 Å². The summed E-state index contributed by atoms with van der Waals surface area (Å²) in [6.45, 7) is 5.33. The van der Waals surface area contributed by atoms with Crippen molar-refractivity contribution in [3.63, 3.8) is 0 Å². The van der Waals surface area contributed by atoms with E-state index in [0.29, 0.717) is 0 Å². The summed E-state index contributed by atoms with van der Waals surface area (Å²) in [6.07, 6.45) is 11.9. The Morgan fingerprint density at radius 1 is 1.00 bits per heavy atom. The van der Waals surface area contributed by atoms with Gasteiger partial charge in [-0.1, -0.05) is 32.1 Å². The SMILES string of the molecule is COC1(C)CCCN(C2(CN)CCCCCCC2)C1. The van der Waals surface area contributed by atoms with Crippen LogP contribution in [0, 0.1) is 0 Å². The number of likely N-dealkylation sites (tertiary alicyclic amines) is 1.